The molecule has 4 N–H and O–H groups in total. The Bertz CT molecular complexity index is 286. The monoisotopic (exact) mass is 402 g/mol. The average molecular weight is 403 g/mol. The van der Waals surface area contributed by atoms with Gasteiger partial charge in [-0.25, -0.2) is 0 Å². The van der Waals surface area contributed by atoms with Gasteiger partial charge < -0.3 is 20.4 Å². The van der Waals surface area contributed by atoms with E-state index in [1.807, 2.05) is 0 Å². The maximum Gasteiger partial charge on any atom is 0.0590 e. The first kappa shape index (κ1) is 27.8. The zero-order chi connectivity index (χ0) is 20.7. The Balaban J connectivity index is 3.46. The standard InChI is InChI=1S/C24H50O4/c25-20-16-12-8-4-1-2-7-11-15-19-24(28)23(22-27)18-14-10-6-3-5-9-13-17-21-26/h23-28H,1-22H2. The Hall–Kier alpha value is -0.160. The zero-order valence-corrected chi connectivity index (χ0v) is 18.5. The van der Waals surface area contributed by atoms with Crippen LogP contribution >= 0.6 is 0 Å². The highest BCUT2D eigenvalue weighted by Gasteiger charge is 2.17. The SMILES string of the molecule is OCCCCCCCCCCCC(O)C(CO)CCCCCCCCCCO. The van der Waals surface area contributed by atoms with Crippen LogP contribution in [0, 0.1) is 5.92 Å². The summed E-state index contributed by atoms with van der Waals surface area (Å²) in [5.74, 6) is 0.0519. The van der Waals surface area contributed by atoms with Gasteiger partial charge in [0.05, 0.1) is 6.10 Å². The molecule has 170 valence electrons. The lowest BCUT2D eigenvalue weighted by Crippen LogP contribution is -2.23. The molecule has 0 saturated carbocycles. The molecule has 0 aromatic rings. The highest BCUT2D eigenvalue weighted by molar-refractivity contribution is 4.68. The fourth-order valence-electron chi connectivity index (χ4n) is 3.92. The van der Waals surface area contributed by atoms with Crippen LogP contribution in [0.4, 0.5) is 0 Å². The van der Waals surface area contributed by atoms with E-state index in [0.717, 1.165) is 51.4 Å². The molecule has 0 bridgehead atoms. The van der Waals surface area contributed by atoms with Crippen LogP contribution in [0.25, 0.3) is 0 Å². The van der Waals surface area contributed by atoms with Crippen molar-refractivity contribution in [1.29, 1.82) is 0 Å². The van der Waals surface area contributed by atoms with E-state index in [1.54, 1.807) is 0 Å². The molecule has 2 atom stereocenters. The molecule has 4 nitrogen and oxygen atoms in total. The molecule has 4 heteroatoms. The van der Waals surface area contributed by atoms with Crippen LogP contribution in [0.5, 0.6) is 0 Å². The Morgan fingerprint density at radius 1 is 0.393 bits per heavy atom. The molecule has 0 aliphatic carbocycles. The molecule has 0 aliphatic rings. The van der Waals surface area contributed by atoms with Crippen molar-refractivity contribution in [3.63, 3.8) is 0 Å². The zero-order valence-electron chi connectivity index (χ0n) is 18.5. The van der Waals surface area contributed by atoms with Gasteiger partial charge in [0, 0.05) is 25.7 Å². The lowest BCUT2D eigenvalue weighted by atomic mass is 9.92. The number of unbranched alkanes of at least 4 members (excludes halogenated alkanes) is 15. The van der Waals surface area contributed by atoms with Crippen LogP contribution in [0.3, 0.4) is 0 Å². The topological polar surface area (TPSA) is 80.9 Å². The molecule has 0 spiro atoms. The third kappa shape index (κ3) is 19.2. The lowest BCUT2D eigenvalue weighted by molar-refractivity contribution is 0.0528. The van der Waals surface area contributed by atoms with E-state index in [4.69, 9.17) is 10.2 Å². The Morgan fingerprint density at radius 3 is 1.07 bits per heavy atom. The predicted octanol–water partition coefficient (Wildman–Crippen LogP) is 5.35. The summed E-state index contributed by atoms with van der Waals surface area (Å²) in [6.45, 7) is 0.746. The van der Waals surface area contributed by atoms with Crippen molar-refractivity contribution < 1.29 is 20.4 Å². The number of aliphatic hydroxyl groups excluding tert-OH is 4. The van der Waals surface area contributed by atoms with Crippen LogP contribution in [-0.2, 0) is 0 Å². The van der Waals surface area contributed by atoms with Crippen molar-refractivity contribution >= 4 is 0 Å². The summed E-state index contributed by atoms with van der Waals surface area (Å²) in [6, 6.07) is 0. The van der Waals surface area contributed by atoms with Gasteiger partial charge in [-0.3, -0.25) is 0 Å². The first-order valence-electron chi connectivity index (χ1n) is 12.3. The highest BCUT2D eigenvalue weighted by Crippen LogP contribution is 2.20. The van der Waals surface area contributed by atoms with E-state index in [0.29, 0.717) is 13.2 Å². The van der Waals surface area contributed by atoms with Gasteiger partial charge in [-0.15, -0.1) is 0 Å². The van der Waals surface area contributed by atoms with Crippen LogP contribution in [0.1, 0.15) is 122 Å². The summed E-state index contributed by atoms with van der Waals surface area (Å²) in [5.41, 5.74) is 0. The normalized spacial score (nSPS) is 13.7. The molecule has 0 fully saturated rings. The smallest absolute Gasteiger partial charge is 0.0590 e. The number of hydrogen-bond acceptors (Lipinski definition) is 4. The largest absolute Gasteiger partial charge is 0.396 e. The second kappa shape index (κ2) is 23.1. The minimum atomic E-state index is -0.345. The van der Waals surface area contributed by atoms with E-state index < -0.39 is 0 Å². The first-order valence-corrected chi connectivity index (χ1v) is 12.3. The van der Waals surface area contributed by atoms with Crippen molar-refractivity contribution in [2.45, 2.75) is 128 Å². The first-order chi connectivity index (χ1) is 13.8. The van der Waals surface area contributed by atoms with Crippen molar-refractivity contribution in [3.8, 4) is 0 Å². The Kier molecular flexibility index (Phi) is 23.0. The van der Waals surface area contributed by atoms with E-state index in [1.165, 1.54) is 70.6 Å². The fraction of sp³-hybridized carbons (Fsp3) is 1.00. The number of rotatable bonds is 23. The predicted molar refractivity (Wildman–Crippen MR) is 118 cm³/mol. The van der Waals surface area contributed by atoms with Crippen LogP contribution in [0.15, 0.2) is 0 Å². The molecule has 0 saturated heterocycles. The van der Waals surface area contributed by atoms with Gasteiger partial charge in [-0.05, 0) is 25.7 Å². The molecule has 0 aliphatic heterocycles. The van der Waals surface area contributed by atoms with Crippen LogP contribution in [-0.4, -0.2) is 46.4 Å². The highest BCUT2D eigenvalue weighted by atomic mass is 16.3. The molecule has 0 heterocycles. The number of aliphatic hydroxyl groups is 4. The third-order valence-corrected chi connectivity index (χ3v) is 5.92. The molecule has 0 rings (SSSR count). The summed E-state index contributed by atoms with van der Waals surface area (Å²) >= 11 is 0. The van der Waals surface area contributed by atoms with Gasteiger partial charge in [0.15, 0.2) is 0 Å². The van der Waals surface area contributed by atoms with Gasteiger partial charge >= 0.3 is 0 Å². The minimum Gasteiger partial charge on any atom is -0.396 e. The molecule has 28 heavy (non-hydrogen) atoms. The second-order valence-electron chi connectivity index (χ2n) is 8.54. The lowest BCUT2D eigenvalue weighted by Gasteiger charge is -2.21. The summed E-state index contributed by atoms with van der Waals surface area (Å²) in [7, 11) is 0. The molecular formula is C24H50O4. The molecular weight excluding hydrogens is 352 g/mol. The summed E-state index contributed by atoms with van der Waals surface area (Å²) in [4.78, 5) is 0. The van der Waals surface area contributed by atoms with E-state index in [-0.39, 0.29) is 18.6 Å². The molecule has 0 aromatic carbocycles. The maximum absolute atomic E-state index is 10.4. The molecule has 0 amide bonds. The van der Waals surface area contributed by atoms with Gasteiger partial charge in [-0.1, -0.05) is 96.3 Å². The minimum absolute atomic E-state index is 0.0519. The van der Waals surface area contributed by atoms with Crippen molar-refractivity contribution in [2.75, 3.05) is 19.8 Å². The molecule has 0 aromatic heterocycles. The second-order valence-corrected chi connectivity index (χ2v) is 8.54. The van der Waals surface area contributed by atoms with Gasteiger partial charge in [-0.2, -0.15) is 0 Å². The van der Waals surface area contributed by atoms with Crippen LogP contribution in [0.2, 0.25) is 0 Å². The fourth-order valence-corrected chi connectivity index (χ4v) is 3.92. The quantitative estimate of drug-likeness (QED) is 0.174. The van der Waals surface area contributed by atoms with Crippen molar-refractivity contribution in [2.24, 2.45) is 5.92 Å². The summed E-state index contributed by atoms with van der Waals surface area (Å²) < 4.78 is 0. The molecule has 2 unspecified atom stereocenters. The van der Waals surface area contributed by atoms with Crippen molar-refractivity contribution in [3.05, 3.63) is 0 Å². The Labute approximate surface area is 174 Å². The van der Waals surface area contributed by atoms with Crippen molar-refractivity contribution in [1.82, 2.24) is 0 Å². The maximum atomic E-state index is 10.4. The Morgan fingerprint density at radius 2 is 0.714 bits per heavy atom. The average Bonchev–Trinajstić information content (AvgIpc) is 2.70. The summed E-state index contributed by atoms with van der Waals surface area (Å²) in [6.07, 6.45) is 21.4. The summed E-state index contributed by atoms with van der Waals surface area (Å²) in [5, 5.41) is 37.4. The van der Waals surface area contributed by atoms with Gasteiger partial charge in [0.2, 0.25) is 0 Å². The van der Waals surface area contributed by atoms with E-state index in [2.05, 4.69) is 0 Å². The van der Waals surface area contributed by atoms with E-state index in [9.17, 15) is 10.2 Å². The van der Waals surface area contributed by atoms with Crippen LogP contribution < -0.4 is 0 Å². The van der Waals surface area contributed by atoms with Gasteiger partial charge in [0.25, 0.3) is 0 Å². The van der Waals surface area contributed by atoms with Gasteiger partial charge in [0.1, 0.15) is 0 Å². The third-order valence-electron chi connectivity index (χ3n) is 5.92. The number of hydrogen-bond donors (Lipinski definition) is 4. The molecule has 0 radical (unpaired) electrons. The van der Waals surface area contributed by atoms with E-state index >= 15 is 0 Å².